The first-order valence-electron chi connectivity index (χ1n) is 9.87. The molecule has 3 rings (SSSR count). The number of hydrogen-bond acceptors (Lipinski definition) is 1. The highest BCUT2D eigenvalue weighted by molar-refractivity contribution is 7.91. The molecule has 24 heavy (non-hydrogen) atoms. The average Bonchev–Trinajstić information content (AvgIpc) is 2.91. The summed E-state index contributed by atoms with van der Waals surface area (Å²) in [7, 11) is 0. The molecule has 0 bridgehead atoms. The van der Waals surface area contributed by atoms with Crippen molar-refractivity contribution in [1.29, 1.82) is 0 Å². The predicted molar refractivity (Wildman–Crippen MR) is 104 cm³/mol. The van der Waals surface area contributed by atoms with Crippen molar-refractivity contribution >= 4 is 11.2 Å². The molecule has 134 valence electrons. The Balaban J connectivity index is 1.59. The van der Waals surface area contributed by atoms with Crippen LogP contribution in [0.4, 0.5) is 0 Å². The van der Waals surface area contributed by atoms with Crippen molar-refractivity contribution in [3.8, 4) is 0 Å². The molecule has 2 fully saturated rings. The molecule has 1 aromatic rings. The lowest BCUT2D eigenvalue weighted by Gasteiger charge is -2.46. The van der Waals surface area contributed by atoms with Crippen LogP contribution in [0, 0.1) is 36.0 Å². The third kappa shape index (κ3) is 3.55. The maximum atomic E-state index is 12.6. The van der Waals surface area contributed by atoms with Gasteiger partial charge in [0.1, 0.15) is 5.75 Å². The highest BCUT2D eigenvalue weighted by atomic mass is 32.2. The van der Waals surface area contributed by atoms with E-state index in [0.29, 0.717) is 11.3 Å². The molecule has 2 saturated carbocycles. The number of benzene rings is 1. The van der Waals surface area contributed by atoms with Gasteiger partial charge in [-0.2, -0.15) is 0 Å². The zero-order valence-corrected chi connectivity index (χ0v) is 16.7. The molecule has 1 aromatic carbocycles. The fourth-order valence-corrected chi connectivity index (χ4v) is 7.10. The summed E-state index contributed by atoms with van der Waals surface area (Å²) >= 11 is -0.843. The summed E-state index contributed by atoms with van der Waals surface area (Å²) in [4.78, 5) is 0.995. The summed E-state index contributed by atoms with van der Waals surface area (Å²) in [5, 5.41) is 0. The van der Waals surface area contributed by atoms with Crippen LogP contribution in [0.25, 0.3) is 0 Å². The Morgan fingerprint density at radius 3 is 2.62 bits per heavy atom. The topological polar surface area (TPSA) is 23.1 Å². The van der Waals surface area contributed by atoms with Crippen LogP contribution in [-0.4, -0.2) is 10.3 Å². The molecule has 0 heterocycles. The highest BCUT2D eigenvalue weighted by Crippen LogP contribution is 2.59. The van der Waals surface area contributed by atoms with Gasteiger partial charge in [-0.3, -0.25) is 0 Å². The van der Waals surface area contributed by atoms with Crippen molar-refractivity contribution in [2.45, 2.75) is 71.1 Å². The van der Waals surface area contributed by atoms with Crippen LogP contribution in [0.15, 0.2) is 29.2 Å². The van der Waals surface area contributed by atoms with Crippen molar-refractivity contribution in [1.82, 2.24) is 0 Å². The van der Waals surface area contributed by atoms with Crippen LogP contribution < -0.4 is 0 Å². The van der Waals surface area contributed by atoms with Gasteiger partial charge in [-0.25, -0.2) is 0 Å². The highest BCUT2D eigenvalue weighted by Gasteiger charge is 2.51. The number of fused-ring (bicyclic) bond motifs is 1. The van der Waals surface area contributed by atoms with E-state index in [1.54, 1.807) is 0 Å². The molecule has 0 aliphatic heterocycles. The zero-order valence-electron chi connectivity index (χ0n) is 15.9. The van der Waals surface area contributed by atoms with Gasteiger partial charge in [0.05, 0.1) is 0 Å². The van der Waals surface area contributed by atoms with E-state index in [0.717, 1.165) is 34.8 Å². The quantitative estimate of drug-likeness (QED) is 0.601. The van der Waals surface area contributed by atoms with E-state index in [4.69, 9.17) is 0 Å². The minimum atomic E-state index is -0.843. The fraction of sp³-hybridized carbons (Fsp3) is 0.727. The second-order valence-electron chi connectivity index (χ2n) is 8.79. The second kappa shape index (κ2) is 7.41. The lowest BCUT2D eigenvalue weighted by atomic mass is 9.59. The Hall–Kier alpha value is -0.470. The van der Waals surface area contributed by atoms with Crippen molar-refractivity contribution in [2.24, 2.45) is 29.1 Å². The molecule has 0 spiro atoms. The Morgan fingerprint density at radius 1 is 1.21 bits per heavy atom. The van der Waals surface area contributed by atoms with E-state index in [-0.39, 0.29) is 0 Å². The lowest BCUT2D eigenvalue weighted by Crippen LogP contribution is -2.38. The summed E-state index contributed by atoms with van der Waals surface area (Å²) in [5.41, 5.74) is 1.78. The van der Waals surface area contributed by atoms with Gasteiger partial charge < -0.3 is 4.55 Å². The third-order valence-corrected chi connectivity index (χ3v) is 8.68. The van der Waals surface area contributed by atoms with Gasteiger partial charge in [0, 0.05) is 0 Å². The predicted octanol–water partition coefficient (Wildman–Crippen LogP) is 5.98. The van der Waals surface area contributed by atoms with Crippen molar-refractivity contribution in [2.75, 3.05) is 5.75 Å². The smallest absolute Gasteiger partial charge is 0.152 e. The fourth-order valence-electron chi connectivity index (χ4n) is 5.84. The van der Waals surface area contributed by atoms with Crippen LogP contribution in [0.3, 0.4) is 0 Å². The monoisotopic (exact) mass is 346 g/mol. The molecule has 0 N–H and O–H groups in total. The standard InChI is InChI=1S/C22H34OS/c1-16-7-9-19(10-8-16)24(23)15-13-18(3)21-12-11-20-17(2)6-5-14-22(20,21)4/h7-10,17-18,20-21H,5-6,11-15H2,1-4H3/t17-,18+,20?,21+,22-,24?/m0/s1. The van der Waals surface area contributed by atoms with E-state index in [1.807, 2.05) is 12.1 Å². The van der Waals surface area contributed by atoms with Gasteiger partial charge in [0.25, 0.3) is 0 Å². The molecule has 2 aliphatic carbocycles. The molecular formula is C22H34OS. The van der Waals surface area contributed by atoms with Crippen molar-refractivity contribution in [3.63, 3.8) is 0 Å². The van der Waals surface area contributed by atoms with Gasteiger partial charge in [0.15, 0.2) is 4.90 Å². The largest absolute Gasteiger partial charge is 0.611 e. The molecule has 6 atom stereocenters. The van der Waals surface area contributed by atoms with Gasteiger partial charge >= 0.3 is 0 Å². The molecule has 0 aromatic heterocycles. The zero-order chi connectivity index (χ0) is 17.3. The Bertz CT molecular complexity index is 539. The van der Waals surface area contributed by atoms with Crippen molar-refractivity contribution in [3.05, 3.63) is 29.8 Å². The summed E-state index contributed by atoms with van der Waals surface area (Å²) in [6, 6.07) is 8.21. The summed E-state index contributed by atoms with van der Waals surface area (Å²) in [5.74, 6) is 4.18. The van der Waals surface area contributed by atoms with E-state index >= 15 is 0 Å². The summed E-state index contributed by atoms with van der Waals surface area (Å²) in [6.45, 7) is 9.54. The van der Waals surface area contributed by atoms with Gasteiger partial charge in [-0.1, -0.05) is 51.3 Å². The molecule has 2 heteroatoms. The first-order valence-corrected chi connectivity index (χ1v) is 11.2. The molecule has 0 saturated heterocycles. The van der Waals surface area contributed by atoms with E-state index in [1.165, 1.54) is 37.7 Å². The molecule has 0 radical (unpaired) electrons. The molecule has 1 nitrogen and oxygen atoms in total. The Morgan fingerprint density at radius 2 is 1.92 bits per heavy atom. The minimum Gasteiger partial charge on any atom is -0.611 e. The molecule has 2 unspecified atom stereocenters. The maximum absolute atomic E-state index is 12.6. The van der Waals surface area contributed by atoms with Crippen molar-refractivity contribution < 1.29 is 4.55 Å². The number of rotatable bonds is 5. The van der Waals surface area contributed by atoms with E-state index in [2.05, 4.69) is 39.8 Å². The van der Waals surface area contributed by atoms with E-state index in [9.17, 15) is 4.55 Å². The summed E-state index contributed by atoms with van der Waals surface area (Å²) in [6.07, 6.45) is 8.17. The third-order valence-electron chi connectivity index (χ3n) is 7.27. The SMILES string of the molecule is Cc1ccc([S+]([O-])CC[C@@H](C)[C@H]2CCC3[C@@H](C)CCC[C@@]32C)cc1. The summed E-state index contributed by atoms with van der Waals surface area (Å²) < 4.78 is 12.6. The van der Waals surface area contributed by atoms with Crippen LogP contribution >= 0.6 is 0 Å². The normalized spacial score (nSPS) is 35.5. The van der Waals surface area contributed by atoms with Gasteiger partial charge in [0.2, 0.25) is 0 Å². The lowest BCUT2D eigenvalue weighted by molar-refractivity contribution is 0.0363. The van der Waals surface area contributed by atoms with Crippen LogP contribution in [0.5, 0.6) is 0 Å². The Labute approximate surface area is 151 Å². The van der Waals surface area contributed by atoms with Gasteiger partial charge in [-0.15, -0.1) is 0 Å². The molecular weight excluding hydrogens is 312 g/mol. The first kappa shape index (κ1) is 18.3. The Kier molecular flexibility index (Phi) is 5.66. The minimum absolute atomic E-state index is 0.544. The maximum Gasteiger partial charge on any atom is 0.152 e. The van der Waals surface area contributed by atoms with Crippen LogP contribution in [0.1, 0.15) is 64.9 Å². The number of aryl methyl sites for hydroxylation is 1. The van der Waals surface area contributed by atoms with Gasteiger partial charge in [-0.05, 0) is 85.0 Å². The molecule has 0 amide bonds. The number of hydrogen-bond donors (Lipinski definition) is 0. The van der Waals surface area contributed by atoms with Crippen LogP contribution in [0.2, 0.25) is 0 Å². The molecule has 2 aliphatic rings. The second-order valence-corrected chi connectivity index (χ2v) is 10.4. The average molecular weight is 347 g/mol. The van der Waals surface area contributed by atoms with E-state index < -0.39 is 11.2 Å². The first-order chi connectivity index (χ1) is 11.4. The van der Waals surface area contributed by atoms with Crippen LogP contribution in [-0.2, 0) is 11.2 Å².